The van der Waals surface area contributed by atoms with Crippen LogP contribution in [0.15, 0.2) is 35.9 Å². The van der Waals surface area contributed by atoms with E-state index in [-0.39, 0.29) is 17.6 Å². The van der Waals surface area contributed by atoms with Crippen molar-refractivity contribution in [3.63, 3.8) is 0 Å². The average Bonchev–Trinajstić information content (AvgIpc) is 2.74. The van der Waals surface area contributed by atoms with Crippen LogP contribution in [-0.4, -0.2) is 58.6 Å². The maximum absolute atomic E-state index is 13.1. The molecule has 29 heavy (non-hydrogen) atoms. The van der Waals surface area contributed by atoms with E-state index in [0.29, 0.717) is 23.6 Å². The van der Waals surface area contributed by atoms with Crippen LogP contribution in [0.5, 0.6) is 0 Å². The number of nitrogens with zero attached hydrogens (tertiary/aromatic N) is 2. The molecule has 0 unspecified atom stereocenters. The van der Waals surface area contributed by atoms with Gasteiger partial charge in [-0.2, -0.15) is 0 Å². The third-order valence-corrected chi connectivity index (χ3v) is 7.30. The summed E-state index contributed by atoms with van der Waals surface area (Å²) in [5.74, 6) is 0.223. The number of carboxylic acids is 1. The Labute approximate surface area is 171 Å². The van der Waals surface area contributed by atoms with Crippen LogP contribution in [0.25, 0.3) is 0 Å². The van der Waals surface area contributed by atoms with E-state index in [4.69, 9.17) is 5.11 Å². The van der Waals surface area contributed by atoms with E-state index in [1.807, 2.05) is 4.90 Å². The molecule has 1 aromatic rings. The number of amides is 2. The number of hydrogen-bond acceptors (Lipinski definition) is 3. The molecule has 5 rings (SSSR count). The maximum atomic E-state index is 13.1. The number of nitrogens with one attached hydrogen (secondary N) is 1. The van der Waals surface area contributed by atoms with Gasteiger partial charge in [0, 0.05) is 24.8 Å². The summed E-state index contributed by atoms with van der Waals surface area (Å²) in [6.45, 7) is 3.10. The van der Waals surface area contributed by atoms with Gasteiger partial charge in [0.15, 0.2) is 0 Å². The molecule has 6 nitrogen and oxygen atoms in total. The molecule has 2 amide bonds. The zero-order valence-electron chi connectivity index (χ0n) is 16.7. The van der Waals surface area contributed by atoms with Crippen molar-refractivity contribution in [2.75, 3.05) is 25.0 Å². The van der Waals surface area contributed by atoms with E-state index in [2.05, 4.69) is 16.3 Å². The van der Waals surface area contributed by atoms with Gasteiger partial charge in [-0.05, 0) is 74.8 Å². The lowest BCUT2D eigenvalue weighted by molar-refractivity contribution is 0.00908. The smallest absolute Gasteiger partial charge is 0.335 e. The van der Waals surface area contributed by atoms with Crippen LogP contribution in [0.2, 0.25) is 0 Å². The summed E-state index contributed by atoms with van der Waals surface area (Å²) in [6, 6.07) is 7.25. The molecular weight excluding hydrogens is 366 g/mol. The SMILES string of the molecule is O=C(O)c1ccc(NC(=O)N2CCCC3=C[C@@H]4C[C@H](CN5CCCC[C@@H]45)[C@H]32)cc1. The largest absolute Gasteiger partial charge is 0.478 e. The Bertz CT molecular complexity index is 834. The Balaban J connectivity index is 1.35. The van der Waals surface area contributed by atoms with E-state index in [1.54, 1.807) is 12.1 Å². The van der Waals surface area contributed by atoms with Crippen LogP contribution in [0, 0.1) is 11.8 Å². The monoisotopic (exact) mass is 395 g/mol. The van der Waals surface area contributed by atoms with Crippen molar-refractivity contribution < 1.29 is 14.7 Å². The van der Waals surface area contributed by atoms with Crippen molar-refractivity contribution in [3.8, 4) is 0 Å². The Morgan fingerprint density at radius 1 is 1.07 bits per heavy atom. The van der Waals surface area contributed by atoms with Gasteiger partial charge in [0.25, 0.3) is 0 Å². The molecule has 3 fully saturated rings. The number of urea groups is 1. The first-order chi connectivity index (χ1) is 14.1. The highest BCUT2D eigenvalue weighted by Crippen LogP contribution is 2.45. The minimum Gasteiger partial charge on any atom is -0.478 e. The summed E-state index contributed by atoms with van der Waals surface area (Å²) in [6.07, 6.45) is 9.82. The second kappa shape index (κ2) is 7.48. The summed E-state index contributed by atoms with van der Waals surface area (Å²) < 4.78 is 0. The lowest BCUT2D eigenvalue weighted by Crippen LogP contribution is -2.60. The molecule has 3 heterocycles. The van der Waals surface area contributed by atoms with Gasteiger partial charge in [-0.3, -0.25) is 4.90 Å². The summed E-state index contributed by atoms with van der Waals surface area (Å²) in [5.41, 5.74) is 2.34. The molecule has 0 aromatic heterocycles. The highest BCUT2D eigenvalue weighted by atomic mass is 16.4. The van der Waals surface area contributed by atoms with Gasteiger partial charge < -0.3 is 15.3 Å². The topological polar surface area (TPSA) is 72.9 Å². The van der Waals surface area contributed by atoms with Crippen molar-refractivity contribution in [2.24, 2.45) is 11.8 Å². The number of carbonyl (C=O) groups excluding carboxylic acids is 1. The molecule has 0 radical (unpaired) electrons. The zero-order chi connectivity index (χ0) is 20.0. The molecule has 6 heteroatoms. The number of carbonyl (C=O) groups is 2. The highest BCUT2D eigenvalue weighted by Gasteiger charge is 2.46. The first kappa shape index (κ1) is 18.7. The van der Waals surface area contributed by atoms with E-state index in [1.165, 1.54) is 49.9 Å². The number of hydrogen-bond donors (Lipinski definition) is 2. The molecule has 1 aliphatic carbocycles. The zero-order valence-corrected chi connectivity index (χ0v) is 16.7. The number of carboxylic acid groups (broad SMARTS) is 1. The van der Waals surface area contributed by atoms with Crippen LogP contribution in [-0.2, 0) is 0 Å². The predicted molar refractivity (Wildman–Crippen MR) is 111 cm³/mol. The number of likely N-dealkylation sites (tertiary alicyclic amines) is 1. The summed E-state index contributed by atoms with van der Waals surface area (Å²) in [4.78, 5) is 28.9. The number of anilines is 1. The van der Waals surface area contributed by atoms with E-state index < -0.39 is 5.97 Å². The molecule has 2 bridgehead atoms. The van der Waals surface area contributed by atoms with Gasteiger partial charge in [0.1, 0.15) is 0 Å². The second-order valence-corrected chi connectivity index (χ2v) is 9.01. The number of fused-ring (bicyclic) bond motifs is 6. The third-order valence-electron chi connectivity index (χ3n) is 7.30. The molecule has 154 valence electrons. The maximum Gasteiger partial charge on any atom is 0.335 e. The molecule has 4 aliphatic rings. The van der Waals surface area contributed by atoms with Gasteiger partial charge in [-0.1, -0.05) is 18.1 Å². The molecule has 3 aliphatic heterocycles. The first-order valence-electron chi connectivity index (χ1n) is 11.0. The molecule has 3 saturated heterocycles. The lowest BCUT2D eigenvalue weighted by atomic mass is 9.68. The first-order valence-corrected chi connectivity index (χ1v) is 11.0. The quantitative estimate of drug-likeness (QED) is 0.747. The number of aromatic carboxylic acids is 1. The van der Waals surface area contributed by atoms with E-state index >= 15 is 0 Å². The summed E-state index contributed by atoms with van der Waals surface area (Å²) in [7, 11) is 0. The summed E-state index contributed by atoms with van der Waals surface area (Å²) >= 11 is 0. The molecular formula is C23H29N3O3. The lowest BCUT2D eigenvalue weighted by Gasteiger charge is -2.54. The van der Waals surface area contributed by atoms with Crippen LogP contribution < -0.4 is 5.32 Å². The van der Waals surface area contributed by atoms with Gasteiger partial charge in [-0.25, -0.2) is 9.59 Å². The van der Waals surface area contributed by atoms with Crippen LogP contribution in [0.4, 0.5) is 10.5 Å². The predicted octanol–water partition coefficient (Wildman–Crippen LogP) is 3.81. The Morgan fingerprint density at radius 3 is 2.69 bits per heavy atom. The minimum absolute atomic E-state index is 0.0668. The summed E-state index contributed by atoms with van der Waals surface area (Å²) in [5, 5.41) is 12.0. The Kier molecular flexibility index (Phi) is 4.82. The van der Waals surface area contributed by atoms with Crippen molar-refractivity contribution in [1.82, 2.24) is 9.80 Å². The number of benzene rings is 1. The van der Waals surface area contributed by atoms with Crippen LogP contribution >= 0.6 is 0 Å². The third kappa shape index (κ3) is 3.44. The fourth-order valence-electron chi connectivity index (χ4n) is 6.09. The second-order valence-electron chi connectivity index (χ2n) is 9.01. The van der Waals surface area contributed by atoms with Gasteiger partial charge >= 0.3 is 12.0 Å². The van der Waals surface area contributed by atoms with E-state index in [9.17, 15) is 9.59 Å². The van der Waals surface area contributed by atoms with Crippen LogP contribution in [0.3, 0.4) is 0 Å². The van der Waals surface area contributed by atoms with Gasteiger partial charge in [-0.15, -0.1) is 0 Å². The molecule has 1 aromatic carbocycles. The normalized spacial score (nSPS) is 31.3. The molecule has 0 saturated carbocycles. The van der Waals surface area contributed by atoms with Gasteiger partial charge in [0.2, 0.25) is 0 Å². The Hall–Kier alpha value is -2.34. The highest BCUT2D eigenvalue weighted by molar-refractivity contribution is 5.92. The van der Waals surface area contributed by atoms with Crippen LogP contribution in [0.1, 0.15) is 48.9 Å². The number of piperidine rings is 3. The van der Waals surface area contributed by atoms with E-state index in [0.717, 1.165) is 25.9 Å². The molecule has 2 N–H and O–H groups in total. The fourth-order valence-corrected chi connectivity index (χ4v) is 6.09. The average molecular weight is 396 g/mol. The van der Waals surface area contributed by atoms with Crippen molar-refractivity contribution in [3.05, 3.63) is 41.5 Å². The van der Waals surface area contributed by atoms with Crippen molar-refractivity contribution in [1.29, 1.82) is 0 Å². The fraction of sp³-hybridized carbons (Fsp3) is 0.565. The van der Waals surface area contributed by atoms with Crippen molar-refractivity contribution in [2.45, 2.75) is 50.6 Å². The molecule has 0 spiro atoms. The molecule has 4 atom stereocenters. The minimum atomic E-state index is -0.959. The van der Waals surface area contributed by atoms with Crippen molar-refractivity contribution >= 4 is 17.7 Å². The standard InChI is InChI=1S/C23H29N3O3/c27-22(28)15-6-8-19(9-7-15)24-23(29)26-11-3-4-16-12-17-13-18(21(16)26)14-25-10-2-1-5-20(17)25/h6-9,12,17-18,20-21H,1-5,10-11,13-14H2,(H,24,29)(H,27,28)/t17-,18-,20+,21+/m1/s1. The Morgan fingerprint density at radius 2 is 1.90 bits per heavy atom. The number of rotatable bonds is 2. The van der Waals surface area contributed by atoms with Gasteiger partial charge in [0.05, 0.1) is 11.6 Å².